The van der Waals surface area contributed by atoms with Gasteiger partial charge in [-0.2, -0.15) is 5.26 Å². The molecule has 0 bridgehead atoms. The standard InChI is InChI=1S/C20H23ClN4O2/c1-26-17-5-4-15(19(21)20(17)27-2)13-23-16-7-9-25(10-8-16)18-6-3-14(11-22)12-24-18/h3-6,12,16,23H,7-10,13H2,1-2H3. The number of nitriles is 1. The second-order valence-corrected chi connectivity index (χ2v) is 6.81. The molecule has 1 saturated heterocycles. The summed E-state index contributed by atoms with van der Waals surface area (Å²) < 4.78 is 10.6. The topological polar surface area (TPSA) is 70.4 Å². The number of piperidine rings is 1. The van der Waals surface area contributed by atoms with Crippen LogP contribution >= 0.6 is 11.6 Å². The Morgan fingerprint density at radius 1 is 1.22 bits per heavy atom. The van der Waals surface area contributed by atoms with Gasteiger partial charge in [-0.1, -0.05) is 17.7 Å². The summed E-state index contributed by atoms with van der Waals surface area (Å²) in [6, 6.07) is 10.1. The highest BCUT2D eigenvalue weighted by molar-refractivity contribution is 6.33. The molecule has 0 aliphatic carbocycles. The zero-order valence-electron chi connectivity index (χ0n) is 15.5. The van der Waals surface area contributed by atoms with Crippen molar-refractivity contribution >= 4 is 17.4 Å². The minimum absolute atomic E-state index is 0.420. The van der Waals surface area contributed by atoms with E-state index in [1.54, 1.807) is 20.4 Å². The number of anilines is 1. The van der Waals surface area contributed by atoms with Crippen molar-refractivity contribution in [2.45, 2.75) is 25.4 Å². The van der Waals surface area contributed by atoms with E-state index in [0.717, 1.165) is 37.3 Å². The van der Waals surface area contributed by atoms with Gasteiger partial charge in [-0.15, -0.1) is 0 Å². The number of pyridine rings is 1. The predicted molar refractivity (Wildman–Crippen MR) is 106 cm³/mol. The average molecular weight is 387 g/mol. The van der Waals surface area contributed by atoms with E-state index in [-0.39, 0.29) is 0 Å². The molecule has 0 atom stereocenters. The molecule has 3 rings (SSSR count). The molecule has 142 valence electrons. The summed E-state index contributed by atoms with van der Waals surface area (Å²) >= 11 is 6.45. The zero-order chi connectivity index (χ0) is 19.2. The third-order valence-electron chi connectivity index (χ3n) is 4.84. The van der Waals surface area contributed by atoms with Gasteiger partial charge in [0.25, 0.3) is 0 Å². The van der Waals surface area contributed by atoms with Crippen molar-refractivity contribution in [2.75, 3.05) is 32.2 Å². The fraction of sp³-hybridized carbons (Fsp3) is 0.400. The molecule has 0 saturated carbocycles. The summed E-state index contributed by atoms with van der Waals surface area (Å²) in [6.45, 7) is 2.53. The van der Waals surface area contributed by atoms with E-state index in [2.05, 4.69) is 21.3 Å². The molecule has 0 amide bonds. The molecule has 0 unspecified atom stereocenters. The van der Waals surface area contributed by atoms with Crippen molar-refractivity contribution < 1.29 is 9.47 Å². The largest absolute Gasteiger partial charge is 0.493 e. The van der Waals surface area contributed by atoms with Gasteiger partial charge >= 0.3 is 0 Å². The van der Waals surface area contributed by atoms with Crippen LogP contribution in [0.1, 0.15) is 24.0 Å². The first-order valence-corrected chi connectivity index (χ1v) is 9.28. The number of aromatic nitrogens is 1. The van der Waals surface area contributed by atoms with Gasteiger partial charge < -0.3 is 19.7 Å². The molecule has 1 aliphatic heterocycles. The molecule has 0 spiro atoms. The lowest BCUT2D eigenvalue weighted by Crippen LogP contribution is -2.42. The SMILES string of the molecule is COc1ccc(CNC2CCN(c3ccc(C#N)cn3)CC2)c(Cl)c1OC. The van der Waals surface area contributed by atoms with Crippen molar-refractivity contribution in [1.29, 1.82) is 5.26 Å². The predicted octanol–water partition coefficient (Wildman–Crippen LogP) is 3.38. The Balaban J connectivity index is 1.54. The summed E-state index contributed by atoms with van der Waals surface area (Å²) in [5.41, 5.74) is 1.58. The van der Waals surface area contributed by atoms with Crippen molar-refractivity contribution in [1.82, 2.24) is 10.3 Å². The number of halogens is 1. The van der Waals surface area contributed by atoms with Crippen LogP contribution in [0.2, 0.25) is 5.02 Å². The van der Waals surface area contributed by atoms with Gasteiger partial charge in [-0.05, 0) is 36.6 Å². The highest BCUT2D eigenvalue weighted by atomic mass is 35.5. The first-order chi connectivity index (χ1) is 13.2. The van der Waals surface area contributed by atoms with Crippen LogP contribution in [0.4, 0.5) is 5.82 Å². The van der Waals surface area contributed by atoms with Gasteiger partial charge in [-0.25, -0.2) is 4.98 Å². The lowest BCUT2D eigenvalue weighted by atomic mass is 10.0. The lowest BCUT2D eigenvalue weighted by Gasteiger charge is -2.33. The third-order valence-corrected chi connectivity index (χ3v) is 5.26. The number of hydrogen-bond acceptors (Lipinski definition) is 6. The fourth-order valence-corrected chi connectivity index (χ4v) is 3.57. The van der Waals surface area contributed by atoms with Gasteiger partial charge in [0, 0.05) is 31.9 Å². The molecule has 1 aliphatic rings. The van der Waals surface area contributed by atoms with Crippen LogP contribution in [0.15, 0.2) is 30.5 Å². The smallest absolute Gasteiger partial charge is 0.179 e. The molecule has 1 aromatic carbocycles. The summed E-state index contributed by atoms with van der Waals surface area (Å²) in [5.74, 6) is 2.13. The van der Waals surface area contributed by atoms with Crippen LogP contribution in [-0.4, -0.2) is 38.3 Å². The van der Waals surface area contributed by atoms with E-state index in [1.807, 2.05) is 24.3 Å². The van der Waals surface area contributed by atoms with Crippen molar-refractivity contribution in [3.8, 4) is 17.6 Å². The van der Waals surface area contributed by atoms with Gasteiger partial charge in [0.2, 0.25) is 0 Å². The summed E-state index contributed by atoms with van der Waals surface area (Å²) in [6.07, 6.45) is 3.66. The molecule has 27 heavy (non-hydrogen) atoms. The van der Waals surface area contributed by atoms with E-state index in [1.165, 1.54) is 0 Å². The number of benzene rings is 1. The van der Waals surface area contributed by atoms with E-state index in [0.29, 0.717) is 34.7 Å². The Morgan fingerprint density at radius 3 is 2.59 bits per heavy atom. The molecule has 6 nitrogen and oxygen atoms in total. The normalized spacial score (nSPS) is 14.7. The lowest BCUT2D eigenvalue weighted by molar-refractivity contribution is 0.354. The average Bonchev–Trinajstić information content (AvgIpc) is 2.73. The highest BCUT2D eigenvalue weighted by Gasteiger charge is 2.21. The van der Waals surface area contributed by atoms with Gasteiger partial charge in [0.05, 0.1) is 24.8 Å². The first-order valence-electron chi connectivity index (χ1n) is 8.90. The van der Waals surface area contributed by atoms with Crippen LogP contribution < -0.4 is 19.7 Å². The second kappa shape index (κ2) is 8.94. The summed E-state index contributed by atoms with van der Waals surface area (Å²) in [7, 11) is 3.19. The van der Waals surface area contributed by atoms with Crippen molar-refractivity contribution in [3.05, 3.63) is 46.6 Å². The Hall–Kier alpha value is -2.49. The van der Waals surface area contributed by atoms with E-state index < -0.39 is 0 Å². The van der Waals surface area contributed by atoms with Crippen LogP contribution in [0.25, 0.3) is 0 Å². The number of nitrogens with one attached hydrogen (secondary N) is 1. The summed E-state index contributed by atoms with van der Waals surface area (Å²) in [5, 5.41) is 13.0. The maximum Gasteiger partial charge on any atom is 0.179 e. The maximum atomic E-state index is 8.87. The summed E-state index contributed by atoms with van der Waals surface area (Å²) in [4.78, 5) is 6.63. The second-order valence-electron chi connectivity index (χ2n) is 6.43. The third kappa shape index (κ3) is 4.44. The molecule has 1 fully saturated rings. The molecule has 2 aromatic rings. The molecule has 0 radical (unpaired) electrons. The Labute approximate surface area is 164 Å². The molecule has 7 heteroatoms. The zero-order valence-corrected chi connectivity index (χ0v) is 16.3. The number of hydrogen-bond donors (Lipinski definition) is 1. The maximum absolute atomic E-state index is 8.87. The first kappa shape index (κ1) is 19.3. The molecule has 2 heterocycles. The Morgan fingerprint density at radius 2 is 2.00 bits per heavy atom. The van der Waals surface area contributed by atoms with Gasteiger partial charge in [0.15, 0.2) is 11.5 Å². The molecule has 1 N–H and O–H groups in total. The number of methoxy groups -OCH3 is 2. The van der Waals surface area contributed by atoms with Crippen LogP contribution in [0, 0.1) is 11.3 Å². The monoisotopic (exact) mass is 386 g/mol. The number of nitrogens with zero attached hydrogens (tertiary/aromatic N) is 3. The highest BCUT2D eigenvalue weighted by Crippen LogP contribution is 2.37. The van der Waals surface area contributed by atoms with E-state index >= 15 is 0 Å². The molecular formula is C20H23ClN4O2. The van der Waals surface area contributed by atoms with E-state index in [4.69, 9.17) is 26.3 Å². The van der Waals surface area contributed by atoms with E-state index in [9.17, 15) is 0 Å². The fourth-order valence-electron chi connectivity index (χ4n) is 3.27. The van der Waals surface area contributed by atoms with Crippen molar-refractivity contribution in [3.63, 3.8) is 0 Å². The number of rotatable bonds is 6. The van der Waals surface area contributed by atoms with Gasteiger partial charge in [-0.3, -0.25) is 0 Å². The van der Waals surface area contributed by atoms with Crippen LogP contribution in [0.3, 0.4) is 0 Å². The minimum atomic E-state index is 0.420. The minimum Gasteiger partial charge on any atom is -0.493 e. The van der Waals surface area contributed by atoms with Crippen LogP contribution in [-0.2, 0) is 6.54 Å². The Bertz CT molecular complexity index is 812. The van der Waals surface area contributed by atoms with Crippen molar-refractivity contribution in [2.24, 2.45) is 0 Å². The quantitative estimate of drug-likeness (QED) is 0.820. The van der Waals surface area contributed by atoms with Gasteiger partial charge in [0.1, 0.15) is 11.9 Å². The molecular weight excluding hydrogens is 364 g/mol. The number of ether oxygens (including phenoxy) is 2. The Kier molecular flexibility index (Phi) is 6.38. The van der Waals surface area contributed by atoms with Crippen LogP contribution in [0.5, 0.6) is 11.5 Å². The molecule has 1 aromatic heterocycles.